The molecule has 1 saturated heterocycles. The molecule has 2 rings (SSSR count). The third-order valence-electron chi connectivity index (χ3n) is 4.97. The molecule has 4 N–H and O–H groups in total. The molecule has 6 atom stereocenters. The Bertz CT molecular complexity index is 674. The van der Waals surface area contributed by atoms with Crippen LogP contribution in [0.15, 0.2) is 18.2 Å². The average molecular weight is 418 g/mol. The first-order valence-electron chi connectivity index (χ1n) is 9.29. The number of carbonyl (C=O) groups is 1. The zero-order valence-corrected chi connectivity index (χ0v) is 16.6. The molecule has 1 aliphatic heterocycles. The van der Waals surface area contributed by atoms with Gasteiger partial charge in [0.25, 0.3) is 0 Å². The zero-order valence-electron chi connectivity index (χ0n) is 16.6. The van der Waals surface area contributed by atoms with Crippen LogP contribution in [0, 0.1) is 11.6 Å². The number of halogens is 2. The molecule has 1 fully saturated rings. The van der Waals surface area contributed by atoms with Gasteiger partial charge in [0.05, 0.1) is 37.5 Å². The van der Waals surface area contributed by atoms with Gasteiger partial charge in [-0.25, -0.2) is 13.6 Å². The number of aliphatic hydroxyl groups excluding tert-OH is 1. The number of nitrogens with two attached hydrogens (primary N) is 1. The number of methoxy groups -OCH3 is 1. The van der Waals surface area contributed by atoms with E-state index in [1.54, 1.807) is 13.8 Å². The van der Waals surface area contributed by atoms with Crippen LogP contribution < -0.4 is 5.73 Å². The molecule has 1 heterocycles. The van der Waals surface area contributed by atoms with Crippen molar-refractivity contribution in [1.82, 2.24) is 4.90 Å². The van der Waals surface area contributed by atoms with Crippen molar-refractivity contribution in [3.63, 3.8) is 0 Å². The number of carboxylic acid groups (broad SMARTS) is 1. The number of rotatable bonds is 8. The smallest absolute Gasteiger partial charge is 0.408 e. The largest absolute Gasteiger partial charge is 0.465 e. The maximum absolute atomic E-state index is 13.4. The number of benzene rings is 1. The highest BCUT2D eigenvalue weighted by molar-refractivity contribution is 5.66. The second-order valence-electron chi connectivity index (χ2n) is 7.22. The molecule has 8 nitrogen and oxygen atoms in total. The van der Waals surface area contributed by atoms with E-state index in [0.29, 0.717) is 0 Å². The maximum Gasteiger partial charge on any atom is 0.408 e. The van der Waals surface area contributed by atoms with E-state index in [4.69, 9.17) is 19.9 Å². The molecule has 0 radical (unpaired) electrons. The molecule has 1 aromatic rings. The van der Waals surface area contributed by atoms with Gasteiger partial charge in [0.2, 0.25) is 0 Å². The van der Waals surface area contributed by atoms with E-state index >= 15 is 0 Å². The fourth-order valence-corrected chi connectivity index (χ4v) is 3.32. The van der Waals surface area contributed by atoms with Crippen LogP contribution in [0.1, 0.15) is 19.4 Å². The Hall–Kier alpha value is -1.85. The van der Waals surface area contributed by atoms with Gasteiger partial charge >= 0.3 is 6.09 Å². The molecule has 1 aromatic carbocycles. The summed E-state index contributed by atoms with van der Waals surface area (Å²) < 4.78 is 43.1. The summed E-state index contributed by atoms with van der Waals surface area (Å²) in [5.74, 6) is -1.51. The van der Waals surface area contributed by atoms with Crippen LogP contribution in [0.4, 0.5) is 13.6 Å². The van der Waals surface area contributed by atoms with Gasteiger partial charge in [0, 0.05) is 19.2 Å². The molecule has 1 amide bonds. The Balaban J connectivity index is 2.08. The van der Waals surface area contributed by atoms with E-state index in [9.17, 15) is 23.8 Å². The van der Waals surface area contributed by atoms with Crippen molar-refractivity contribution in [2.24, 2.45) is 5.73 Å². The Morgan fingerprint density at radius 1 is 1.38 bits per heavy atom. The molecule has 1 unspecified atom stereocenters. The van der Waals surface area contributed by atoms with Gasteiger partial charge in [-0.1, -0.05) is 0 Å². The van der Waals surface area contributed by atoms with Crippen molar-refractivity contribution < 1.29 is 38.0 Å². The Kier molecular flexibility index (Phi) is 8.29. The fourth-order valence-electron chi connectivity index (χ4n) is 3.32. The van der Waals surface area contributed by atoms with Gasteiger partial charge in [-0.05, 0) is 38.0 Å². The lowest BCUT2D eigenvalue weighted by Crippen LogP contribution is -2.64. The summed E-state index contributed by atoms with van der Waals surface area (Å²) in [6, 6.07) is 0.319. The molecule has 0 spiro atoms. The van der Waals surface area contributed by atoms with Crippen molar-refractivity contribution in [3.8, 4) is 0 Å². The molecule has 164 valence electrons. The average Bonchev–Trinajstić information content (AvgIpc) is 2.64. The molecular weight excluding hydrogens is 390 g/mol. The predicted molar refractivity (Wildman–Crippen MR) is 99.3 cm³/mol. The second-order valence-corrected chi connectivity index (χ2v) is 7.22. The van der Waals surface area contributed by atoms with Crippen LogP contribution in [0.2, 0.25) is 0 Å². The molecule has 0 saturated carbocycles. The summed E-state index contributed by atoms with van der Waals surface area (Å²) in [6.45, 7) is 3.46. The number of amides is 1. The maximum atomic E-state index is 13.4. The fraction of sp³-hybridized carbons (Fsp3) is 0.632. The molecule has 10 heteroatoms. The molecular formula is C19H28F2N2O6. The monoisotopic (exact) mass is 418 g/mol. The van der Waals surface area contributed by atoms with E-state index < -0.39 is 48.2 Å². The van der Waals surface area contributed by atoms with Crippen molar-refractivity contribution in [2.75, 3.05) is 20.3 Å². The molecule has 0 bridgehead atoms. The van der Waals surface area contributed by atoms with Gasteiger partial charge < -0.3 is 30.2 Å². The summed E-state index contributed by atoms with van der Waals surface area (Å²) in [4.78, 5) is 12.9. The Morgan fingerprint density at radius 2 is 2.00 bits per heavy atom. The minimum atomic E-state index is -1.32. The SMILES string of the molecule is COC(C)CO[C@H]1OC[C@H]([C@@H](O)[C@@H](N)Cc2cc(F)cc(F)c2)N(C(=O)O)[C@H]1C. The van der Waals surface area contributed by atoms with Gasteiger partial charge in [-0.2, -0.15) is 0 Å². The van der Waals surface area contributed by atoms with Crippen LogP contribution >= 0.6 is 0 Å². The summed E-state index contributed by atoms with van der Waals surface area (Å²) in [7, 11) is 1.53. The minimum Gasteiger partial charge on any atom is -0.465 e. The first-order chi connectivity index (χ1) is 13.6. The number of hydrogen-bond acceptors (Lipinski definition) is 6. The van der Waals surface area contributed by atoms with Gasteiger partial charge in [0.1, 0.15) is 11.6 Å². The Morgan fingerprint density at radius 3 is 2.55 bits per heavy atom. The van der Waals surface area contributed by atoms with Gasteiger partial charge in [0.15, 0.2) is 6.29 Å². The predicted octanol–water partition coefficient (Wildman–Crippen LogP) is 1.34. The first kappa shape index (κ1) is 23.4. The third kappa shape index (κ3) is 6.06. The van der Waals surface area contributed by atoms with E-state index in [1.807, 2.05) is 0 Å². The minimum absolute atomic E-state index is 0.0422. The second kappa shape index (κ2) is 10.3. The lowest BCUT2D eigenvalue weighted by atomic mass is 9.95. The highest BCUT2D eigenvalue weighted by Crippen LogP contribution is 2.24. The van der Waals surface area contributed by atoms with E-state index in [2.05, 4.69) is 0 Å². The summed E-state index contributed by atoms with van der Waals surface area (Å²) in [6.07, 6.45) is -3.66. The number of ether oxygens (including phenoxy) is 3. The highest BCUT2D eigenvalue weighted by Gasteiger charge is 2.43. The molecule has 0 aromatic heterocycles. The van der Waals surface area contributed by atoms with E-state index in [1.165, 1.54) is 7.11 Å². The van der Waals surface area contributed by atoms with Crippen molar-refractivity contribution >= 4 is 6.09 Å². The molecule has 29 heavy (non-hydrogen) atoms. The molecule has 0 aliphatic carbocycles. The van der Waals surface area contributed by atoms with Gasteiger partial charge in [-0.3, -0.25) is 4.90 Å². The van der Waals surface area contributed by atoms with Crippen LogP contribution in [0.3, 0.4) is 0 Å². The van der Waals surface area contributed by atoms with Crippen LogP contribution in [-0.4, -0.2) is 78.2 Å². The lowest BCUT2D eigenvalue weighted by Gasteiger charge is -2.45. The van der Waals surface area contributed by atoms with Crippen molar-refractivity contribution in [3.05, 3.63) is 35.4 Å². The highest BCUT2D eigenvalue weighted by atomic mass is 19.1. The van der Waals surface area contributed by atoms with Crippen LogP contribution in [-0.2, 0) is 20.6 Å². The lowest BCUT2D eigenvalue weighted by molar-refractivity contribution is -0.230. The first-order valence-corrected chi connectivity index (χ1v) is 9.29. The number of nitrogens with zero attached hydrogens (tertiary/aromatic N) is 1. The van der Waals surface area contributed by atoms with E-state index in [0.717, 1.165) is 23.1 Å². The third-order valence-corrected chi connectivity index (χ3v) is 4.97. The van der Waals surface area contributed by atoms with Crippen molar-refractivity contribution in [2.45, 2.75) is 56.9 Å². The standard InChI is InChI=1S/C19H28F2N2O6/c1-10(27-3)8-28-18-11(2)23(19(25)26)16(9-29-18)17(24)15(22)6-12-4-13(20)7-14(21)5-12/h4-5,7,10-11,15-18,24H,6,8-9,22H2,1-3H3,(H,25,26)/t10?,11-,15-,16+,17-,18-/m0/s1. The normalized spacial score (nSPS) is 25.5. The molecule has 1 aliphatic rings. The topological polar surface area (TPSA) is 114 Å². The van der Waals surface area contributed by atoms with Gasteiger partial charge in [-0.15, -0.1) is 0 Å². The van der Waals surface area contributed by atoms with Crippen LogP contribution in [0.25, 0.3) is 0 Å². The van der Waals surface area contributed by atoms with Crippen molar-refractivity contribution in [1.29, 1.82) is 0 Å². The number of hydrogen-bond donors (Lipinski definition) is 3. The summed E-state index contributed by atoms with van der Waals surface area (Å²) in [5, 5.41) is 20.3. The quantitative estimate of drug-likeness (QED) is 0.584. The zero-order chi connectivity index (χ0) is 21.7. The number of morpholine rings is 1. The summed E-state index contributed by atoms with van der Waals surface area (Å²) in [5.41, 5.74) is 6.28. The summed E-state index contributed by atoms with van der Waals surface area (Å²) >= 11 is 0. The van der Waals surface area contributed by atoms with E-state index in [-0.39, 0.29) is 31.3 Å². The number of aliphatic hydroxyl groups is 1. The Labute approximate surface area is 168 Å². The van der Waals surface area contributed by atoms with Crippen LogP contribution in [0.5, 0.6) is 0 Å².